The molecule has 35 heavy (non-hydrogen) atoms. The van der Waals surface area contributed by atoms with Crippen LogP contribution in [-0.2, 0) is 14.8 Å². The highest BCUT2D eigenvalue weighted by atomic mass is 35.5. The Bertz CT molecular complexity index is 1320. The summed E-state index contributed by atoms with van der Waals surface area (Å²) in [6, 6.07) is 18.8. The lowest BCUT2D eigenvalue weighted by Crippen LogP contribution is -2.48. The lowest BCUT2D eigenvalue weighted by Gasteiger charge is -2.34. The van der Waals surface area contributed by atoms with Gasteiger partial charge in [0.25, 0.3) is 5.91 Å². The van der Waals surface area contributed by atoms with Crippen molar-refractivity contribution in [2.45, 2.75) is 37.9 Å². The van der Waals surface area contributed by atoms with Crippen LogP contribution in [0.2, 0.25) is 5.02 Å². The number of sulfonamides is 1. The molecule has 3 aromatic carbocycles. The van der Waals surface area contributed by atoms with Crippen LogP contribution in [0.3, 0.4) is 0 Å². The molecule has 1 heterocycles. The largest absolute Gasteiger partial charge is 0.455 e. The first kappa shape index (κ1) is 25.2. The number of nitrogens with one attached hydrogen (secondary N) is 1. The minimum Gasteiger partial charge on any atom is -0.455 e. The highest BCUT2D eigenvalue weighted by Gasteiger charge is 2.34. The molecular weight excluding hydrogens is 488 g/mol. The van der Waals surface area contributed by atoms with E-state index in [0.717, 1.165) is 5.56 Å². The summed E-state index contributed by atoms with van der Waals surface area (Å²) in [7, 11) is -3.92. The summed E-state index contributed by atoms with van der Waals surface area (Å²) in [6.07, 6.45) is -0.493. The van der Waals surface area contributed by atoms with E-state index in [1.807, 2.05) is 45.0 Å². The fourth-order valence-electron chi connectivity index (χ4n) is 3.89. The van der Waals surface area contributed by atoms with Crippen LogP contribution in [-0.4, -0.2) is 43.9 Å². The van der Waals surface area contributed by atoms with E-state index < -0.39 is 15.9 Å². The van der Waals surface area contributed by atoms with Crippen LogP contribution in [0.5, 0.6) is 11.5 Å². The molecule has 2 atom stereocenters. The summed E-state index contributed by atoms with van der Waals surface area (Å²) in [4.78, 5) is 13.0. The number of anilines is 1. The Balaban J connectivity index is 1.58. The van der Waals surface area contributed by atoms with E-state index in [4.69, 9.17) is 21.1 Å². The van der Waals surface area contributed by atoms with Crippen molar-refractivity contribution in [1.29, 1.82) is 0 Å². The maximum atomic E-state index is 13.3. The summed E-state index contributed by atoms with van der Waals surface area (Å²) >= 11 is 6.28. The molecule has 2 unspecified atom stereocenters. The third-order valence-electron chi connectivity index (χ3n) is 5.58. The average molecular weight is 515 g/mol. The standard InChI is InChI=1S/C26H27ClN2O5S/c1-17-8-11-21(12-9-17)34-24-7-5-4-6-23(24)28-26(30)20-10-13-22(27)25(14-20)35(31,32)29-15-18(2)33-19(3)16-29/h4-14,18-19H,15-16H2,1-3H3,(H,28,30). The number of rotatable bonds is 6. The summed E-state index contributed by atoms with van der Waals surface area (Å²) in [5.41, 5.74) is 1.72. The quantitative estimate of drug-likeness (QED) is 0.470. The van der Waals surface area contributed by atoms with E-state index in [1.165, 1.54) is 22.5 Å². The van der Waals surface area contributed by atoms with E-state index in [9.17, 15) is 13.2 Å². The van der Waals surface area contributed by atoms with Gasteiger partial charge in [-0.05, 0) is 63.2 Å². The first-order valence-electron chi connectivity index (χ1n) is 11.2. The first-order chi connectivity index (χ1) is 16.6. The fraction of sp³-hybridized carbons (Fsp3) is 0.269. The van der Waals surface area contributed by atoms with Gasteiger partial charge in [0.15, 0.2) is 5.75 Å². The Morgan fingerprint density at radius 2 is 1.69 bits per heavy atom. The van der Waals surface area contributed by atoms with Gasteiger partial charge in [0.1, 0.15) is 10.6 Å². The van der Waals surface area contributed by atoms with Gasteiger partial charge in [-0.25, -0.2) is 8.42 Å². The molecule has 1 amide bonds. The number of hydrogen-bond acceptors (Lipinski definition) is 5. The third-order valence-corrected chi connectivity index (χ3v) is 7.89. The van der Waals surface area contributed by atoms with Crippen molar-refractivity contribution < 1.29 is 22.7 Å². The smallest absolute Gasteiger partial charge is 0.255 e. The second-order valence-electron chi connectivity index (χ2n) is 8.59. The molecule has 0 saturated carbocycles. The molecular formula is C26H27ClN2O5S. The van der Waals surface area contributed by atoms with Crippen LogP contribution < -0.4 is 10.1 Å². The van der Waals surface area contributed by atoms with E-state index in [2.05, 4.69) is 5.32 Å². The van der Waals surface area contributed by atoms with Gasteiger partial charge in [0.2, 0.25) is 10.0 Å². The van der Waals surface area contributed by atoms with Crippen molar-refractivity contribution in [2.75, 3.05) is 18.4 Å². The maximum absolute atomic E-state index is 13.3. The fourth-order valence-corrected chi connectivity index (χ4v) is 5.99. The minimum absolute atomic E-state index is 0.0523. The van der Waals surface area contributed by atoms with Gasteiger partial charge in [0, 0.05) is 18.7 Å². The molecule has 0 spiro atoms. The number of carbonyl (C=O) groups is 1. The van der Waals surface area contributed by atoms with Crippen LogP contribution in [0.15, 0.2) is 71.6 Å². The Labute approximate surface area is 210 Å². The van der Waals surface area contributed by atoms with E-state index in [-0.39, 0.29) is 40.8 Å². The molecule has 1 aliphatic heterocycles. The summed E-state index contributed by atoms with van der Waals surface area (Å²) in [5.74, 6) is 0.607. The molecule has 1 saturated heterocycles. The Morgan fingerprint density at radius 3 is 2.37 bits per heavy atom. The van der Waals surface area contributed by atoms with Crippen LogP contribution in [0.1, 0.15) is 29.8 Å². The van der Waals surface area contributed by atoms with E-state index >= 15 is 0 Å². The second kappa shape index (κ2) is 10.4. The SMILES string of the molecule is Cc1ccc(Oc2ccccc2NC(=O)c2ccc(Cl)c(S(=O)(=O)N3CC(C)OC(C)C3)c2)cc1. The monoisotopic (exact) mass is 514 g/mol. The molecule has 9 heteroatoms. The number of amides is 1. The molecule has 184 valence electrons. The van der Waals surface area contributed by atoms with Crippen molar-refractivity contribution in [3.05, 3.63) is 82.9 Å². The number of aryl methyl sites for hydroxylation is 1. The molecule has 0 radical (unpaired) electrons. The zero-order valence-electron chi connectivity index (χ0n) is 19.7. The number of ether oxygens (including phenoxy) is 2. The molecule has 1 N–H and O–H groups in total. The van der Waals surface area contributed by atoms with Crippen molar-refractivity contribution in [2.24, 2.45) is 0 Å². The molecule has 7 nitrogen and oxygen atoms in total. The molecule has 1 aliphatic rings. The number of benzene rings is 3. The van der Waals surface area contributed by atoms with Crippen LogP contribution in [0.25, 0.3) is 0 Å². The minimum atomic E-state index is -3.92. The third kappa shape index (κ3) is 5.85. The van der Waals surface area contributed by atoms with Crippen molar-refractivity contribution >= 4 is 33.2 Å². The van der Waals surface area contributed by atoms with Gasteiger partial charge < -0.3 is 14.8 Å². The van der Waals surface area contributed by atoms with E-state index in [0.29, 0.717) is 17.2 Å². The molecule has 0 aromatic heterocycles. The number of halogens is 1. The van der Waals surface area contributed by atoms with Crippen LogP contribution >= 0.6 is 11.6 Å². The van der Waals surface area contributed by atoms with Gasteiger partial charge in [-0.15, -0.1) is 0 Å². The Morgan fingerprint density at radius 1 is 1.03 bits per heavy atom. The first-order valence-corrected chi connectivity index (χ1v) is 13.1. The van der Waals surface area contributed by atoms with Crippen molar-refractivity contribution in [1.82, 2.24) is 4.31 Å². The van der Waals surface area contributed by atoms with Crippen LogP contribution in [0.4, 0.5) is 5.69 Å². The molecule has 4 rings (SSSR count). The second-order valence-corrected chi connectivity index (χ2v) is 10.9. The molecule has 0 bridgehead atoms. The topological polar surface area (TPSA) is 84.9 Å². The normalized spacial score (nSPS) is 18.7. The zero-order valence-corrected chi connectivity index (χ0v) is 21.3. The summed E-state index contributed by atoms with van der Waals surface area (Å²) < 4.78 is 39.6. The van der Waals surface area contributed by atoms with Crippen LogP contribution in [0, 0.1) is 6.92 Å². The number of hydrogen-bond donors (Lipinski definition) is 1. The maximum Gasteiger partial charge on any atom is 0.255 e. The number of nitrogens with zero attached hydrogens (tertiary/aromatic N) is 1. The predicted octanol–water partition coefficient (Wildman–Crippen LogP) is 5.49. The highest BCUT2D eigenvalue weighted by molar-refractivity contribution is 7.89. The van der Waals surface area contributed by atoms with Gasteiger partial charge in [0.05, 0.1) is 22.9 Å². The lowest BCUT2D eigenvalue weighted by atomic mass is 10.2. The Hall–Kier alpha value is -2.91. The zero-order chi connectivity index (χ0) is 25.2. The summed E-state index contributed by atoms with van der Waals surface area (Å²) in [6.45, 7) is 6.05. The highest BCUT2D eigenvalue weighted by Crippen LogP contribution is 2.31. The summed E-state index contributed by atoms with van der Waals surface area (Å²) in [5, 5.41) is 2.87. The van der Waals surface area contributed by atoms with Gasteiger partial charge >= 0.3 is 0 Å². The average Bonchev–Trinajstić information content (AvgIpc) is 2.81. The van der Waals surface area contributed by atoms with Crippen molar-refractivity contribution in [3.63, 3.8) is 0 Å². The number of morpholine rings is 1. The van der Waals surface area contributed by atoms with Gasteiger partial charge in [-0.2, -0.15) is 4.31 Å². The van der Waals surface area contributed by atoms with Crippen molar-refractivity contribution in [3.8, 4) is 11.5 Å². The number of para-hydroxylation sites is 2. The van der Waals surface area contributed by atoms with Gasteiger partial charge in [-0.1, -0.05) is 41.4 Å². The van der Waals surface area contributed by atoms with E-state index in [1.54, 1.807) is 24.3 Å². The Kier molecular flexibility index (Phi) is 7.47. The molecule has 3 aromatic rings. The predicted molar refractivity (Wildman–Crippen MR) is 136 cm³/mol. The van der Waals surface area contributed by atoms with Gasteiger partial charge in [-0.3, -0.25) is 4.79 Å². The number of carbonyl (C=O) groups excluding carboxylic acids is 1. The lowest BCUT2D eigenvalue weighted by molar-refractivity contribution is -0.0440. The molecule has 1 fully saturated rings. The molecule has 0 aliphatic carbocycles.